The summed E-state index contributed by atoms with van der Waals surface area (Å²) in [6.07, 6.45) is -1.70. The van der Waals surface area contributed by atoms with Crippen LogP contribution in [0.25, 0.3) is 15.8 Å². The lowest BCUT2D eigenvalue weighted by molar-refractivity contribution is -0.138. The lowest BCUT2D eigenvalue weighted by atomic mass is 10.2. The number of ether oxygens (including phenoxy) is 1. The molecule has 2 aromatic heterocycles. The van der Waals surface area contributed by atoms with Crippen LogP contribution in [0.3, 0.4) is 0 Å². The number of benzene rings is 1. The zero-order valence-corrected chi connectivity index (χ0v) is 14.3. The molecule has 25 heavy (non-hydrogen) atoms. The second kappa shape index (κ2) is 7.25. The van der Waals surface area contributed by atoms with Crippen molar-refractivity contribution >= 4 is 34.7 Å². The minimum absolute atomic E-state index is 0.144. The van der Waals surface area contributed by atoms with Crippen LogP contribution in [-0.2, 0) is 11.0 Å². The van der Waals surface area contributed by atoms with E-state index in [1.165, 1.54) is 29.5 Å². The fourth-order valence-corrected chi connectivity index (χ4v) is 3.78. The maximum absolute atomic E-state index is 12.6. The number of carbonyl (C=O) groups excluding carboxylic acids is 1. The summed E-state index contributed by atoms with van der Waals surface area (Å²) in [5.41, 5.74) is -0.861. The van der Waals surface area contributed by atoms with E-state index in [9.17, 15) is 18.0 Å². The van der Waals surface area contributed by atoms with Gasteiger partial charge in [-0.1, -0.05) is 12.1 Å². The Bertz CT molecular complexity index is 893. The molecule has 0 aliphatic carbocycles. The highest BCUT2D eigenvalue weighted by molar-refractivity contribution is 7.21. The van der Waals surface area contributed by atoms with Gasteiger partial charge in [0.15, 0.2) is 0 Å². The number of thiophene rings is 2. The van der Waals surface area contributed by atoms with Gasteiger partial charge in [-0.3, -0.25) is 0 Å². The molecule has 3 aromatic rings. The molecule has 0 spiro atoms. The molecular formula is C18H11F3O2S2. The second-order valence-corrected chi connectivity index (χ2v) is 7.02. The van der Waals surface area contributed by atoms with Gasteiger partial charge in [0.2, 0.25) is 0 Å². The number of esters is 1. The van der Waals surface area contributed by atoms with Crippen molar-refractivity contribution in [1.29, 1.82) is 0 Å². The molecule has 0 N–H and O–H groups in total. The fourth-order valence-electron chi connectivity index (χ4n) is 2.03. The molecule has 1 aromatic carbocycles. The monoisotopic (exact) mass is 380 g/mol. The van der Waals surface area contributed by atoms with Crippen LogP contribution in [0.15, 0.2) is 60.0 Å². The lowest BCUT2D eigenvalue weighted by Crippen LogP contribution is -2.07. The Morgan fingerprint density at radius 2 is 1.88 bits per heavy atom. The summed E-state index contributed by atoms with van der Waals surface area (Å²) in [7, 11) is 0. The van der Waals surface area contributed by atoms with Crippen molar-refractivity contribution in [2.24, 2.45) is 0 Å². The first-order valence-electron chi connectivity index (χ1n) is 7.13. The van der Waals surface area contributed by atoms with Gasteiger partial charge in [-0.25, -0.2) is 4.79 Å². The van der Waals surface area contributed by atoms with Crippen LogP contribution in [0, 0.1) is 0 Å². The van der Waals surface area contributed by atoms with Gasteiger partial charge < -0.3 is 4.74 Å². The third-order valence-corrected chi connectivity index (χ3v) is 5.27. The van der Waals surface area contributed by atoms with E-state index >= 15 is 0 Å². The Balaban J connectivity index is 1.66. The Hall–Kier alpha value is -2.38. The first-order chi connectivity index (χ1) is 11.9. The average Bonchev–Trinajstić information content (AvgIpc) is 3.24. The highest BCUT2D eigenvalue weighted by atomic mass is 32.1. The van der Waals surface area contributed by atoms with Gasteiger partial charge in [0.05, 0.1) is 5.56 Å². The average molecular weight is 380 g/mol. The number of halogens is 3. The zero-order chi connectivity index (χ0) is 17.9. The number of hydrogen-bond donors (Lipinski definition) is 0. The van der Waals surface area contributed by atoms with Crippen LogP contribution in [0.2, 0.25) is 0 Å². The maximum Gasteiger partial charge on any atom is 0.416 e. The highest BCUT2D eigenvalue weighted by Gasteiger charge is 2.30. The largest absolute Gasteiger partial charge is 0.423 e. The summed E-state index contributed by atoms with van der Waals surface area (Å²) in [5, 5.41) is 1.98. The molecule has 0 fully saturated rings. The highest BCUT2D eigenvalue weighted by Crippen LogP contribution is 2.32. The van der Waals surface area contributed by atoms with Crippen LogP contribution in [0.4, 0.5) is 13.2 Å². The van der Waals surface area contributed by atoms with Crippen LogP contribution in [-0.4, -0.2) is 5.97 Å². The van der Waals surface area contributed by atoms with Crippen molar-refractivity contribution in [3.05, 3.63) is 70.4 Å². The topological polar surface area (TPSA) is 26.3 Å². The summed E-state index contributed by atoms with van der Waals surface area (Å²) in [4.78, 5) is 14.9. The summed E-state index contributed by atoms with van der Waals surface area (Å²) in [5.74, 6) is -0.875. The molecule has 7 heteroatoms. The smallest absolute Gasteiger partial charge is 0.416 e. The van der Waals surface area contributed by atoms with Crippen molar-refractivity contribution in [3.8, 4) is 15.5 Å². The van der Waals surface area contributed by atoms with E-state index in [1.54, 1.807) is 17.4 Å². The third kappa shape index (κ3) is 4.58. The number of alkyl halides is 3. The summed E-state index contributed by atoms with van der Waals surface area (Å²) >= 11 is 3.13. The van der Waals surface area contributed by atoms with Gasteiger partial charge in [0, 0.05) is 20.7 Å². The van der Waals surface area contributed by atoms with Crippen molar-refractivity contribution in [3.63, 3.8) is 0 Å². The molecule has 3 rings (SSSR count). The van der Waals surface area contributed by atoms with E-state index in [1.807, 2.05) is 29.6 Å². The van der Waals surface area contributed by atoms with Crippen LogP contribution < -0.4 is 4.74 Å². The van der Waals surface area contributed by atoms with E-state index < -0.39 is 17.7 Å². The molecule has 2 heterocycles. The third-order valence-electron chi connectivity index (χ3n) is 3.15. The predicted molar refractivity (Wildman–Crippen MR) is 93.7 cm³/mol. The molecule has 0 aliphatic heterocycles. The second-order valence-electron chi connectivity index (χ2n) is 4.96. The Kier molecular flexibility index (Phi) is 5.06. The van der Waals surface area contributed by atoms with E-state index in [0.29, 0.717) is 0 Å². The SMILES string of the molecule is O=C(C=Cc1ccc(-c2cccs2)s1)Oc1cccc(C(F)(F)F)c1. The summed E-state index contributed by atoms with van der Waals surface area (Å²) < 4.78 is 42.9. The van der Waals surface area contributed by atoms with Crippen molar-refractivity contribution in [2.75, 3.05) is 0 Å². The number of rotatable bonds is 4. The molecule has 0 atom stereocenters. The fraction of sp³-hybridized carbons (Fsp3) is 0.0556. The van der Waals surface area contributed by atoms with Crippen molar-refractivity contribution < 1.29 is 22.7 Å². The van der Waals surface area contributed by atoms with Gasteiger partial charge >= 0.3 is 12.1 Å². The van der Waals surface area contributed by atoms with Gasteiger partial charge in [0.25, 0.3) is 0 Å². The minimum atomic E-state index is -4.48. The minimum Gasteiger partial charge on any atom is -0.423 e. The number of carbonyl (C=O) groups is 1. The van der Waals surface area contributed by atoms with Gasteiger partial charge in [-0.2, -0.15) is 13.2 Å². The molecule has 0 aliphatic rings. The first-order valence-corrected chi connectivity index (χ1v) is 8.82. The van der Waals surface area contributed by atoms with Gasteiger partial charge in [-0.05, 0) is 47.9 Å². The molecule has 0 amide bonds. The number of hydrogen-bond acceptors (Lipinski definition) is 4. The van der Waals surface area contributed by atoms with E-state index in [0.717, 1.165) is 26.8 Å². The van der Waals surface area contributed by atoms with Gasteiger partial charge in [-0.15, -0.1) is 22.7 Å². The molecule has 0 bridgehead atoms. The molecule has 0 radical (unpaired) electrons. The standard InChI is InChI=1S/C18H11F3O2S2/c19-18(20,21)12-3-1-4-13(11-12)23-17(22)9-7-14-6-8-16(25-14)15-5-2-10-24-15/h1-11H. The van der Waals surface area contributed by atoms with E-state index in [4.69, 9.17) is 4.74 Å². The maximum atomic E-state index is 12.6. The Morgan fingerprint density at radius 3 is 2.60 bits per heavy atom. The van der Waals surface area contributed by atoms with Gasteiger partial charge in [0.1, 0.15) is 5.75 Å². The predicted octanol–water partition coefficient (Wildman–Crippen LogP) is 6.11. The van der Waals surface area contributed by atoms with Crippen molar-refractivity contribution in [2.45, 2.75) is 6.18 Å². The van der Waals surface area contributed by atoms with Crippen LogP contribution in [0.1, 0.15) is 10.4 Å². The molecule has 128 valence electrons. The van der Waals surface area contributed by atoms with E-state index in [-0.39, 0.29) is 5.75 Å². The summed E-state index contributed by atoms with van der Waals surface area (Å²) in [6.45, 7) is 0. The Morgan fingerprint density at radius 1 is 1.04 bits per heavy atom. The first kappa shape index (κ1) is 17.4. The molecule has 0 unspecified atom stereocenters. The Labute approximate surface area is 149 Å². The normalized spacial score (nSPS) is 11.8. The zero-order valence-electron chi connectivity index (χ0n) is 12.6. The molecule has 0 saturated heterocycles. The summed E-state index contributed by atoms with van der Waals surface area (Å²) in [6, 6.07) is 12.0. The van der Waals surface area contributed by atoms with Crippen LogP contribution in [0.5, 0.6) is 5.75 Å². The lowest BCUT2D eigenvalue weighted by Gasteiger charge is -2.08. The van der Waals surface area contributed by atoms with Crippen molar-refractivity contribution in [1.82, 2.24) is 0 Å². The quantitative estimate of drug-likeness (QED) is 0.310. The van der Waals surface area contributed by atoms with Crippen LogP contribution >= 0.6 is 22.7 Å². The molecular weight excluding hydrogens is 369 g/mol. The molecule has 2 nitrogen and oxygen atoms in total. The molecule has 0 saturated carbocycles. The van der Waals surface area contributed by atoms with E-state index in [2.05, 4.69) is 0 Å².